The van der Waals surface area contributed by atoms with E-state index in [4.69, 9.17) is 31.9 Å². The number of rotatable bonds is 11. The fourth-order valence-corrected chi connectivity index (χ4v) is 3.84. The van der Waals surface area contributed by atoms with Gasteiger partial charge in [-0.15, -0.1) is 0 Å². The number of hydrogen-bond acceptors (Lipinski definition) is 7. The minimum atomic E-state index is -0.916. The summed E-state index contributed by atoms with van der Waals surface area (Å²) in [6.45, 7) is 0.526. The van der Waals surface area contributed by atoms with E-state index >= 15 is 0 Å². The Morgan fingerprint density at radius 3 is 2.55 bits per heavy atom. The van der Waals surface area contributed by atoms with Crippen LogP contribution < -0.4 is 9.47 Å². The number of carboxylic acids is 2. The first-order chi connectivity index (χ1) is 13.8. The third-order valence-electron chi connectivity index (χ3n) is 3.94. The summed E-state index contributed by atoms with van der Waals surface area (Å²) in [5, 5.41) is 17.4. The predicted octanol–water partition coefficient (Wildman–Crippen LogP) is 3.00. The Bertz CT molecular complexity index is 838. The van der Waals surface area contributed by atoms with Crippen molar-refractivity contribution in [3.8, 4) is 11.5 Å². The molecule has 0 bridgehead atoms. The maximum absolute atomic E-state index is 12.6. The van der Waals surface area contributed by atoms with E-state index in [1.54, 1.807) is 24.3 Å². The van der Waals surface area contributed by atoms with Crippen molar-refractivity contribution in [2.75, 3.05) is 20.3 Å². The molecule has 1 aliphatic rings. The quantitative estimate of drug-likeness (QED) is 0.305. The molecule has 10 heteroatoms. The molecule has 1 fully saturated rings. The largest absolute Gasteiger partial charge is 0.496 e. The van der Waals surface area contributed by atoms with Crippen LogP contribution in [0.2, 0.25) is 0 Å². The molecule has 29 heavy (non-hydrogen) atoms. The molecule has 0 radical (unpaired) electrons. The molecule has 156 valence electrons. The molecule has 1 saturated heterocycles. The van der Waals surface area contributed by atoms with Gasteiger partial charge in [0.2, 0.25) is 0 Å². The molecule has 2 rings (SSSR count). The highest BCUT2D eigenvalue weighted by atomic mass is 32.2. The van der Waals surface area contributed by atoms with Crippen molar-refractivity contribution in [1.29, 1.82) is 0 Å². The number of methoxy groups -OCH3 is 1. The summed E-state index contributed by atoms with van der Waals surface area (Å²) in [5.41, 5.74) is 0.663. The summed E-state index contributed by atoms with van der Waals surface area (Å²) in [6, 6.07) is 5.12. The van der Waals surface area contributed by atoms with Gasteiger partial charge in [-0.1, -0.05) is 24.0 Å². The molecule has 1 heterocycles. The van der Waals surface area contributed by atoms with Gasteiger partial charge in [-0.2, -0.15) is 0 Å². The van der Waals surface area contributed by atoms with E-state index in [0.29, 0.717) is 39.1 Å². The van der Waals surface area contributed by atoms with Crippen LogP contribution in [0.5, 0.6) is 11.5 Å². The first kappa shape index (κ1) is 22.7. The second kappa shape index (κ2) is 10.8. The molecule has 8 nitrogen and oxygen atoms in total. The predicted molar refractivity (Wildman–Crippen MR) is 112 cm³/mol. The zero-order chi connectivity index (χ0) is 21.4. The van der Waals surface area contributed by atoms with Gasteiger partial charge in [0, 0.05) is 31.0 Å². The lowest BCUT2D eigenvalue weighted by atomic mass is 10.1. The molecule has 1 aromatic carbocycles. The van der Waals surface area contributed by atoms with Crippen molar-refractivity contribution in [3.05, 3.63) is 28.7 Å². The second-order valence-corrected chi connectivity index (χ2v) is 7.76. The Kier molecular flexibility index (Phi) is 8.47. The van der Waals surface area contributed by atoms with Gasteiger partial charge in [0.25, 0.3) is 5.91 Å². The first-order valence-electron chi connectivity index (χ1n) is 8.81. The summed E-state index contributed by atoms with van der Waals surface area (Å²) in [7, 11) is 1.50. The van der Waals surface area contributed by atoms with Gasteiger partial charge >= 0.3 is 11.9 Å². The van der Waals surface area contributed by atoms with Gasteiger partial charge in [-0.3, -0.25) is 19.3 Å². The van der Waals surface area contributed by atoms with Crippen molar-refractivity contribution < 1.29 is 34.1 Å². The lowest BCUT2D eigenvalue weighted by molar-refractivity contribution is -0.138. The van der Waals surface area contributed by atoms with Crippen molar-refractivity contribution in [2.24, 2.45) is 0 Å². The van der Waals surface area contributed by atoms with Crippen LogP contribution in [0.4, 0.5) is 0 Å². The molecular formula is C19H21NO7S2. The van der Waals surface area contributed by atoms with Crippen LogP contribution in [0.15, 0.2) is 23.1 Å². The highest BCUT2D eigenvalue weighted by Crippen LogP contribution is 2.35. The first-order valence-corrected chi connectivity index (χ1v) is 10.0. The van der Waals surface area contributed by atoms with Gasteiger partial charge in [0.1, 0.15) is 15.8 Å². The number of ether oxygens (including phenoxy) is 2. The number of amides is 1. The number of carbonyl (C=O) groups is 3. The number of aliphatic carboxylic acids is 2. The molecule has 1 amide bonds. The molecule has 0 atom stereocenters. The van der Waals surface area contributed by atoms with Gasteiger partial charge < -0.3 is 19.7 Å². The smallest absolute Gasteiger partial charge is 0.303 e. The number of carbonyl (C=O) groups excluding carboxylic acids is 1. The summed E-state index contributed by atoms with van der Waals surface area (Å²) < 4.78 is 11.3. The molecule has 1 aliphatic heterocycles. The fourth-order valence-electron chi connectivity index (χ4n) is 2.54. The van der Waals surface area contributed by atoms with Gasteiger partial charge in [0.05, 0.1) is 18.6 Å². The zero-order valence-corrected chi connectivity index (χ0v) is 17.4. The Hall–Kier alpha value is -2.59. The number of thioether (sulfide) groups is 1. The Balaban J connectivity index is 2.06. The highest BCUT2D eigenvalue weighted by Gasteiger charge is 2.31. The Morgan fingerprint density at radius 2 is 1.90 bits per heavy atom. The standard InChI is InChI=1S/C19H21NO7S2/c1-26-14-11-13(27-9-3-5-17(23)24)7-6-12(14)10-15-18(25)20(19(28)29-15)8-2-4-16(21)22/h6-7,10-11H,2-5,8-9H2,1H3,(H,21,22)(H,23,24). The van der Waals surface area contributed by atoms with Crippen molar-refractivity contribution in [1.82, 2.24) is 4.90 Å². The molecule has 2 N–H and O–H groups in total. The molecule has 0 spiro atoms. The SMILES string of the molecule is COc1cc(OCCCC(=O)O)ccc1C=C1SC(=S)N(CCCC(=O)O)C1=O. The summed E-state index contributed by atoms with van der Waals surface area (Å²) in [4.78, 5) is 35.6. The van der Waals surface area contributed by atoms with Crippen LogP contribution in [0.25, 0.3) is 6.08 Å². The van der Waals surface area contributed by atoms with Crippen molar-refractivity contribution >= 4 is 52.2 Å². The molecule has 0 unspecified atom stereocenters. The minimum Gasteiger partial charge on any atom is -0.496 e. The summed E-state index contributed by atoms with van der Waals surface area (Å²) in [6.07, 6.45) is 2.39. The van der Waals surface area contributed by atoms with Gasteiger partial charge in [-0.05, 0) is 31.1 Å². The lowest BCUT2D eigenvalue weighted by Gasteiger charge is -2.13. The number of benzene rings is 1. The van der Waals surface area contributed by atoms with E-state index < -0.39 is 11.9 Å². The normalized spacial score (nSPS) is 15.1. The van der Waals surface area contributed by atoms with E-state index in [-0.39, 0.29) is 31.9 Å². The molecule has 0 aromatic heterocycles. The third kappa shape index (κ3) is 6.75. The molecule has 0 aliphatic carbocycles. The number of hydrogen-bond donors (Lipinski definition) is 2. The number of carboxylic acid groups (broad SMARTS) is 2. The summed E-state index contributed by atoms with van der Waals surface area (Å²) >= 11 is 6.39. The zero-order valence-electron chi connectivity index (χ0n) is 15.8. The Labute approximate surface area is 177 Å². The number of nitrogens with zero attached hydrogens (tertiary/aromatic N) is 1. The van der Waals surface area contributed by atoms with Gasteiger partial charge in [0.15, 0.2) is 0 Å². The molecular weight excluding hydrogens is 418 g/mol. The van der Waals surface area contributed by atoms with Crippen molar-refractivity contribution in [3.63, 3.8) is 0 Å². The summed E-state index contributed by atoms with van der Waals surface area (Å²) in [5.74, 6) is -1.02. The number of thiocarbonyl (C=S) groups is 1. The van der Waals surface area contributed by atoms with E-state index in [9.17, 15) is 14.4 Å². The van der Waals surface area contributed by atoms with E-state index in [1.165, 1.54) is 12.0 Å². The maximum atomic E-state index is 12.6. The maximum Gasteiger partial charge on any atom is 0.303 e. The fraction of sp³-hybridized carbons (Fsp3) is 0.368. The van der Waals surface area contributed by atoms with Crippen LogP contribution in [-0.4, -0.2) is 57.5 Å². The highest BCUT2D eigenvalue weighted by molar-refractivity contribution is 8.26. The van der Waals surface area contributed by atoms with Crippen LogP contribution in [0.3, 0.4) is 0 Å². The van der Waals surface area contributed by atoms with E-state index in [1.807, 2.05) is 0 Å². The van der Waals surface area contributed by atoms with Gasteiger partial charge in [-0.25, -0.2) is 0 Å². The van der Waals surface area contributed by atoms with E-state index in [0.717, 1.165) is 11.8 Å². The lowest BCUT2D eigenvalue weighted by Crippen LogP contribution is -2.29. The monoisotopic (exact) mass is 439 g/mol. The van der Waals surface area contributed by atoms with Crippen LogP contribution in [0, 0.1) is 0 Å². The van der Waals surface area contributed by atoms with Crippen LogP contribution in [0.1, 0.15) is 31.2 Å². The Morgan fingerprint density at radius 1 is 1.21 bits per heavy atom. The van der Waals surface area contributed by atoms with Crippen LogP contribution in [-0.2, 0) is 14.4 Å². The van der Waals surface area contributed by atoms with Crippen LogP contribution >= 0.6 is 24.0 Å². The molecule has 0 saturated carbocycles. The third-order valence-corrected chi connectivity index (χ3v) is 5.32. The van der Waals surface area contributed by atoms with Crippen molar-refractivity contribution in [2.45, 2.75) is 25.7 Å². The van der Waals surface area contributed by atoms with E-state index in [2.05, 4.69) is 0 Å². The topological polar surface area (TPSA) is 113 Å². The minimum absolute atomic E-state index is 0.0299. The average molecular weight is 440 g/mol. The molecule has 1 aromatic rings. The average Bonchev–Trinajstić information content (AvgIpc) is 2.93. The second-order valence-electron chi connectivity index (χ2n) is 6.08.